The normalized spacial score (nSPS) is 12.3. The van der Waals surface area contributed by atoms with Crippen LogP contribution in [0.2, 0.25) is 0 Å². The number of para-hydroxylation sites is 1. The zero-order valence-corrected chi connectivity index (χ0v) is 20.3. The molecule has 0 fully saturated rings. The largest absolute Gasteiger partial charge is 0.340 e. The summed E-state index contributed by atoms with van der Waals surface area (Å²) in [5.41, 5.74) is 10.3. The average Bonchev–Trinajstić information content (AvgIpc) is 3.28. The van der Waals surface area contributed by atoms with Crippen LogP contribution >= 0.6 is 0 Å². The molecule has 0 radical (unpaired) electrons. The van der Waals surface area contributed by atoms with Crippen molar-refractivity contribution in [2.75, 3.05) is 0 Å². The van der Waals surface area contributed by atoms with E-state index in [-0.39, 0.29) is 0 Å². The van der Waals surface area contributed by atoms with Gasteiger partial charge in [0.25, 0.3) is 0 Å². The summed E-state index contributed by atoms with van der Waals surface area (Å²) in [6, 6.07) is 17.8. The van der Waals surface area contributed by atoms with E-state index in [0.717, 1.165) is 17.9 Å². The molecule has 0 atom stereocenters. The summed E-state index contributed by atoms with van der Waals surface area (Å²) in [7, 11) is 2.18. The Morgan fingerprint density at radius 2 is 1.50 bits per heavy atom. The van der Waals surface area contributed by atoms with Crippen molar-refractivity contribution >= 4 is 32.8 Å². The Hall–Kier alpha value is -3.07. The first kappa shape index (κ1) is 20.8. The Morgan fingerprint density at radius 3 is 2.12 bits per heavy atom. The fourth-order valence-electron chi connectivity index (χ4n) is 5.55. The van der Waals surface area contributed by atoms with Crippen LogP contribution in [0.1, 0.15) is 63.1 Å². The second-order valence-corrected chi connectivity index (χ2v) is 9.64. The molecular weight excluding hydrogens is 390 g/mol. The molecule has 0 aliphatic carbocycles. The van der Waals surface area contributed by atoms with Gasteiger partial charge in [-0.2, -0.15) is 0 Å². The zero-order chi connectivity index (χ0) is 22.7. The van der Waals surface area contributed by atoms with Crippen LogP contribution in [0.15, 0.2) is 48.5 Å². The lowest BCUT2D eigenvalue weighted by atomic mass is 9.88. The summed E-state index contributed by atoms with van der Waals surface area (Å²) in [5.74, 6) is 1.96. The molecule has 3 nitrogen and oxygen atoms in total. The minimum Gasteiger partial charge on any atom is -0.340 e. The quantitative estimate of drug-likeness (QED) is 0.288. The second-order valence-electron chi connectivity index (χ2n) is 9.64. The van der Waals surface area contributed by atoms with Gasteiger partial charge in [-0.3, -0.25) is 0 Å². The van der Waals surface area contributed by atoms with E-state index in [9.17, 15) is 0 Å². The molecule has 0 spiro atoms. The predicted molar refractivity (Wildman–Crippen MR) is 138 cm³/mol. The van der Waals surface area contributed by atoms with Crippen LogP contribution in [0.5, 0.6) is 0 Å². The number of hydrogen-bond donors (Lipinski definition) is 0. The zero-order valence-electron chi connectivity index (χ0n) is 20.3. The van der Waals surface area contributed by atoms with Crippen LogP contribution in [0.4, 0.5) is 0 Å². The van der Waals surface area contributed by atoms with Gasteiger partial charge < -0.3 is 9.13 Å². The van der Waals surface area contributed by atoms with E-state index < -0.39 is 0 Å². The third kappa shape index (κ3) is 2.83. The van der Waals surface area contributed by atoms with E-state index in [1.54, 1.807) is 0 Å². The predicted octanol–water partition coefficient (Wildman–Crippen LogP) is 7.92. The number of rotatable bonds is 4. The van der Waals surface area contributed by atoms with Crippen LogP contribution in [0.25, 0.3) is 44.2 Å². The highest BCUT2D eigenvalue weighted by Gasteiger charge is 2.23. The number of imidazole rings is 1. The van der Waals surface area contributed by atoms with Crippen molar-refractivity contribution < 1.29 is 0 Å². The number of fused-ring (bicyclic) bond motifs is 4. The third-order valence-electron chi connectivity index (χ3n) is 7.04. The minimum absolute atomic E-state index is 0.442. The molecule has 5 aromatic rings. The van der Waals surface area contributed by atoms with E-state index in [4.69, 9.17) is 4.98 Å². The summed E-state index contributed by atoms with van der Waals surface area (Å²) >= 11 is 0. The lowest BCUT2D eigenvalue weighted by molar-refractivity contribution is 0.823. The highest BCUT2D eigenvalue weighted by atomic mass is 15.1. The Labute approximate surface area is 190 Å². The molecule has 0 bridgehead atoms. The van der Waals surface area contributed by atoms with Crippen molar-refractivity contribution in [3.8, 4) is 11.4 Å². The maximum atomic E-state index is 5.28. The summed E-state index contributed by atoms with van der Waals surface area (Å²) in [5, 5.41) is 2.62. The van der Waals surface area contributed by atoms with E-state index in [0.29, 0.717) is 11.8 Å². The van der Waals surface area contributed by atoms with Crippen LogP contribution in [0, 0.1) is 6.92 Å². The van der Waals surface area contributed by atoms with Crippen molar-refractivity contribution in [3.05, 3.63) is 65.2 Å². The maximum Gasteiger partial charge on any atom is 0.141 e. The summed E-state index contributed by atoms with van der Waals surface area (Å²) in [6.07, 6.45) is 0. The number of benzene rings is 3. The first-order chi connectivity index (χ1) is 15.3. The van der Waals surface area contributed by atoms with Gasteiger partial charge in [0.15, 0.2) is 0 Å². The Morgan fingerprint density at radius 1 is 0.844 bits per heavy atom. The van der Waals surface area contributed by atoms with E-state index in [2.05, 4.69) is 106 Å². The van der Waals surface area contributed by atoms with Gasteiger partial charge in [-0.15, -0.1) is 0 Å². The number of hydrogen-bond acceptors (Lipinski definition) is 1. The van der Waals surface area contributed by atoms with E-state index in [1.165, 1.54) is 49.6 Å². The highest BCUT2D eigenvalue weighted by Crippen LogP contribution is 2.40. The summed E-state index contributed by atoms with van der Waals surface area (Å²) in [6.45, 7) is 14.6. The fraction of sp³-hybridized carbons (Fsp3) is 0.345. The molecule has 5 rings (SSSR count). The topological polar surface area (TPSA) is 22.8 Å². The molecule has 0 unspecified atom stereocenters. The Balaban J connectivity index is 1.91. The molecule has 164 valence electrons. The molecular formula is C29H33N3. The lowest BCUT2D eigenvalue weighted by Gasteiger charge is -2.19. The minimum atomic E-state index is 0.442. The van der Waals surface area contributed by atoms with Crippen molar-refractivity contribution in [1.82, 2.24) is 14.1 Å². The average molecular weight is 424 g/mol. The summed E-state index contributed by atoms with van der Waals surface area (Å²) < 4.78 is 4.78. The molecule has 3 aromatic carbocycles. The van der Waals surface area contributed by atoms with Gasteiger partial charge in [-0.05, 0) is 54.5 Å². The number of aryl methyl sites for hydroxylation is 3. The molecule has 0 saturated heterocycles. The molecule has 0 aliphatic heterocycles. The molecule has 0 aliphatic rings. The highest BCUT2D eigenvalue weighted by molar-refractivity contribution is 6.13. The van der Waals surface area contributed by atoms with Crippen molar-refractivity contribution in [2.24, 2.45) is 7.05 Å². The fourth-order valence-corrected chi connectivity index (χ4v) is 5.55. The van der Waals surface area contributed by atoms with E-state index in [1.807, 2.05) is 0 Å². The van der Waals surface area contributed by atoms with Crippen molar-refractivity contribution in [1.29, 1.82) is 0 Å². The van der Waals surface area contributed by atoms with Crippen LogP contribution in [-0.4, -0.2) is 14.1 Å². The maximum absolute atomic E-state index is 5.28. The number of nitrogens with zero attached hydrogens (tertiary/aromatic N) is 3. The SMILES string of the molecule is CCn1c2ccccc2c2cc3nc(-c4c(C(C)C)cccc4C(C)C)n(C)c3c(C)c21. The van der Waals surface area contributed by atoms with Gasteiger partial charge in [0, 0.05) is 35.4 Å². The van der Waals surface area contributed by atoms with Crippen LogP contribution in [-0.2, 0) is 13.6 Å². The molecule has 32 heavy (non-hydrogen) atoms. The smallest absolute Gasteiger partial charge is 0.141 e. The molecule has 3 heteroatoms. The van der Waals surface area contributed by atoms with Gasteiger partial charge in [-0.25, -0.2) is 4.98 Å². The first-order valence-corrected chi connectivity index (χ1v) is 11.8. The van der Waals surface area contributed by atoms with Gasteiger partial charge in [0.05, 0.1) is 16.6 Å². The first-order valence-electron chi connectivity index (χ1n) is 11.8. The van der Waals surface area contributed by atoms with Crippen molar-refractivity contribution in [3.63, 3.8) is 0 Å². The van der Waals surface area contributed by atoms with E-state index >= 15 is 0 Å². The third-order valence-corrected chi connectivity index (χ3v) is 7.04. The van der Waals surface area contributed by atoms with Gasteiger partial charge in [0.2, 0.25) is 0 Å². The Bertz CT molecular complexity index is 1450. The monoisotopic (exact) mass is 423 g/mol. The lowest BCUT2D eigenvalue weighted by Crippen LogP contribution is -2.04. The molecule has 2 heterocycles. The standard InChI is InChI=1S/C29H33N3/c1-8-32-25-15-10-9-12-22(25)23-16-24-28(19(6)27(23)32)31(7)29(30-24)26-20(17(2)3)13-11-14-21(26)18(4)5/h9-18H,8H2,1-7H3. The Kier molecular flexibility index (Phi) is 4.88. The number of aromatic nitrogens is 3. The molecule has 0 amide bonds. The second kappa shape index (κ2) is 7.51. The summed E-state index contributed by atoms with van der Waals surface area (Å²) in [4.78, 5) is 5.28. The van der Waals surface area contributed by atoms with Crippen LogP contribution < -0.4 is 0 Å². The van der Waals surface area contributed by atoms with Crippen LogP contribution in [0.3, 0.4) is 0 Å². The molecule has 0 saturated carbocycles. The van der Waals surface area contributed by atoms with Crippen molar-refractivity contribution in [2.45, 2.75) is 59.9 Å². The van der Waals surface area contributed by atoms with Gasteiger partial charge in [-0.1, -0.05) is 64.1 Å². The van der Waals surface area contributed by atoms with Gasteiger partial charge >= 0.3 is 0 Å². The van der Waals surface area contributed by atoms with Gasteiger partial charge in [0.1, 0.15) is 5.82 Å². The molecule has 0 N–H and O–H groups in total. The molecule has 2 aromatic heterocycles.